The maximum Gasteiger partial charge on any atom is 0.0144 e. The van der Waals surface area contributed by atoms with Crippen LogP contribution in [0.15, 0.2) is 128 Å². The molecule has 0 N–H and O–H groups in total. The number of rotatable bonds is 8. The summed E-state index contributed by atoms with van der Waals surface area (Å²) >= 11 is 0. The van der Waals surface area contributed by atoms with Crippen molar-refractivity contribution in [2.75, 3.05) is 13.1 Å². The van der Waals surface area contributed by atoms with Crippen molar-refractivity contribution in [2.24, 2.45) is 0 Å². The van der Waals surface area contributed by atoms with Gasteiger partial charge in [-0.1, -0.05) is 121 Å². The first-order valence-electron chi connectivity index (χ1n) is 11.7. The fourth-order valence-corrected chi connectivity index (χ4v) is 4.19. The van der Waals surface area contributed by atoms with Gasteiger partial charge >= 0.3 is 0 Å². The summed E-state index contributed by atoms with van der Waals surface area (Å²) in [6, 6.07) is 43.1. The maximum atomic E-state index is 2.37. The summed E-state index contributed by atoms with van der Waals surface area (Å²) in [6.45, 7) is 6.34. The van der Waals surface area contributed by atoms with E-state index in [2.05, 4.69) is 146 Å². The molecule has 0 fully saturated rings. The average Bonchev–Trinajstić information content (AvgIpc) is 2.90. The molecule has 0 unspecified atom stereocenters. The van der Waals surface area contributed by atoms with Crippen LogP contribution >= 0.6 is 0 Å². The second-order valence-corrected chi connectivity index (χ2v) is 7.98. The summed E-state index contributed by atoms with van der Waals surface area (Å²) in [5, 5.41) is 0. The molecular formula is C32H31N. The first kappa shape index (κ1) is 22.4. The molecule has 0 aromatic heterocycles. The molecule has 0 bridgehead atoms. The van der Waals surface area contributed by atoms with Gasteiger partial charge in [0, 0.05) is 24.9 Å². The summed E-state index contributed by atoms with van der Waals surface area (Å²) in [5.74, 6) is 0. The van der Waals surface area contributed by atoms with Gasteiger partial charge in [-0.2, -0.15) is 0 Å². The highest BCUT2D eigenvalue weighted by Gasteiger charge is 2.19. The molecule has 0 saturated heterocycles. The van der Waals surface area contributed by atoms with Gasteiger partial charge in [0.1, 0.15) is 0 Å². The molecule has 0 atom stereocenters. The first-order valence-corrected chi connectivity index (χ1v) is 11.7. The Labute approximate surface area is 198 Å². The van der Waals surface area contributed by atoms with Gasteiger partial charge in [0.05, 0.1) is 0 Å². The van der Waals surface area contributed by atoms with E-state index in [4.69, 9.17) is 0 Å². The zero-order chi connectivity index (χ0) is 22.9. The van der Waals surface area contributed by atoms with Crippen LogP contribution in [-0.4, -0.2) is 18.0 Å². The minimum Gasteiger partial charge on any atom is -0.377 e. The summed E-state index contributed by atoms with van der Waals surface area (Å²) in [4.78, 5) is 2.37. The number of nitrogens with zero attached hydrogens (tertiary/aromatic N) is 1. The van der Waals surface area contributed by atoms with Crippen LogP contribution in [0.4, 0.5) is 0 Å². The van der Waals surface area contributed by atoms with Crippen molar-refractivity contribution in [3.8, 4) is 0 Å². The molecule has 0 aliphatic carbocycles. The van der Waals surface area contributed by atoms with E-state index in [1.165, 1.54) is 39.0 Å². The standard InChI is InChI=1S/C32H31N/c1-3-33(4-2)25-30(26-17-9-5-10-18-26)32(29-23-15-8-16-24-29)31(27-19-11-6-12-20-27)28-21-13-7-14-22-28/h5-25H,3-4H2,1-2H3. The molecule has 0 aliphatic heterocycles. The summed E-state index contributed by atoms with van der Waals surface area (Å²) < 4.78 is 0. The first-order chi connectivity index (χ1) is 16.3. The van der Waals surface area contributed by atoms with Gasteiger partial charge in [-0.05, 0) is 47.2 Å². The SMILES string of the molecule is CCN(C=C(C(=C(c1ccccc1)c1ccccc1)c1ccccc1)c1ccccc1)CC. The van der Waals surface area contributed by atoms with Crippen LogP contribution in [0.25, 0.3) is 16.7 Å². The molecule has 0 amide bonds. The third-order valence-corrected chi connectivity index (χ3v) is 5.92. The highest BCUT2D eigenvalue weighted by Crippen LogP contribution is 2.41. The lowest BCUT2D eigenvalue weighted by Crippen LogP contribution is -2.16. The zero-order valence-corrected chi connectivity index (χ0v) is 19.5. The predicted molar refractivity (Wildman–Crippen MR) is 143 cm³/mol. The highest BCUT2D eigenvalue weighted by atomic mass is 15.1. The minimum atomic E-state index is 0.959. The molecule has 0 radical (unpaired) electrons. The van der Waals surface area contributed by atoms with E-state index in [1.54, 1.807) is 0 Å². The van der Waals surface area contributed by atoms with Crippen LogP contribution in [0.3, 0.4) is 0 Å². The second-order valence-electron chi connectivity index (χ2n) is 7.98. The molecule has 1 heteroatoms. The van der Waals surface area contributed by atoms with E-state index < -0.39 is 0 Å². The minimum absolute atomic E-state index is 0.959. The molecule has 1 nitrogen and oxygen atoms in total. The maximum absolute atomic E-state index is 2.37. The number of hydrogen-bond donors (Lipinski definition) is 0. The predicted octanol–water partition coefficient (Wildman–Crippen LogP) is 8.03. The van der Waals surface area contributed by atoms with Crippen LogP contribution in [-0.2, 0) is 0 Å². The summed E-state index contributed by atoms with van der Waals surface area (Å²) in [7, 11) is 0. The lowest BCUT2D eigenvalue weighted by Gasteiger charge is -2.24. The summed E-state index contributed by atoms with van der Waals surface area (Å²) in [5.41, 5.74) is 8.56. The van der Waals surface area contributed by atoms with Crippen molar-refractivity contribution < 1.29 is 0 Å². The molecule has 0 spiro atoms. The van der Waals surface area contributed by atoms with Crippen molar-refractivity contribution in [2.45, 2.75) is 13.8 Å². The van der Waals surface area contributed by atoms with Crippen LogP contribution in [0.1, 0.15) is 36.1 Å². The van der Waals surface area contributed by atoms with Gasteiger partial charge in [0.15, 0.2) is 0 Å². The molecule has 4 aromatic carbocycles. The second kappa shape index (κ2) is 11.2. The molecule has 33 heavy (non-hydrogen) atoms. The third kappa shape index (κ3) is 5.32. The molecule has 0 aliphatic rings. The number of allylic oxidation sites excluding steroid dienone is 2. The largest absolute Gasteiger partial charge is 0.377 e. The Hall–Kier alpha value is -3.84. The smallest absolute Gasteiger partial charge is 0.0144 e. The van der Waals surface area contributed by atoms with E-state index in [1.807, 2.05) is 0 Å². The van der Waals surface area contributed by atoms with Crippen molar-refractivity contribution >= 4 is 16.7 Å². The Morgan fingerprint density at radius 1 is 0.515 bits per heavy atom. The summed E-state index contributed by atoms with van der Waals surface area (Å²) in [6.07, 6.45) is 2.34. The van der Waals surface area contributed by atoms with E-state index in [0.717, 1.165) is 13.1 Å². The molecule has 4 rings (SSSR count). The van der Waals surface area contributed by atoms with Crippen LogP contribution in [0, 0.1) is 0 Å². The van der Waals surface area contributed by atoms with Gasteiger partial charge < -0.3 is 4.90 Å². The Bertz CT molecular complexity index is 1150. The van der Waals surface area contributed by atoms with Crippen LogP contribution < -0.4 is 0 Å². The van der Waals surface area contributed by atoms with Crippen molar-refractivity contribution in [3.05, 3.63) is 150 Å². The monoisotopic (exact) mass is 429 g/mol. The lowest BCUT2D eigenvalue weighted by molar-refractivity contribution is 0.420. The van der Waals surface area contributed by atoms with Crippen molar-refractivity contribution in [3.63, 3.8) is 0 Å². The number of hydrogen-bond acceptors (Lipinski definition) is 1. The Kier molecular flexibility index (Phi) is 7.56. The van der Waals surface area contributed by atoms with E-state index in [9.17, 15) is 0 Å². The molecule has 0 heterocycles. The zero-order valence-electron chi connectivity index (χ0n) is 19.5. The normalized spacial score (nSPS) is 11.2. The number of benzene rings is 4. The van der Waals surface area contributed by atoms with E-state index in [-0.39, 0.29) is 0 Å². The average molecular weight is 430 g/mol. The molecular weight excluding hydrogens is 398 g/mol. The van der Waals surface area contributed by atoms with Gasteiger partial charge in [-0.3, -0.25) is 0 Å². The van der Waals surface area contributed by atoms with Crippen LogP contribution in [0.2, 0.25) is 0 Å². The van der Waals surface area contributed by atoms with Crippen molar-refractivity contribution in [1.82, 2.24) is 4.90 Å². The lowest BCUT2D eigenvalue weighted by atomic mass is 9.83. The van der Waals surface area contributed by atoms with Gasteiger partial charge in [-0.25, -0.2) is 0 Å². The van der Waals surface area contributed by atoms with Gasteiger partial charge in [0.25, 0.3) is 0 Å². The Morgan fingerprint density at radius 2 is 0.879 bits per heavy atom. The highest BCUT2D eigenvalue weighted by molar-refractivity contribution is 6.17. The molecule has 164 valence electrons. The van der Waals surface area contributed by atoms with E-state index in [0.29, 0.717) is 0 Å². The van der Waals surface area contributed by atoms with Crippen LogP contribution in [0.5, 0.6) is 0 Å². The fourth-order valence-electron chi connectivity index (χ4n) is 4.19. The topological polar surface area (TPSA) is 3.24 Å². The quantitative estimate of drug-likeness (QED) is 0.202. The Morgan fingerprint density at radius 3 is 1.27 bits per heavy atom. The van der Waals surface area contributed by atoms with Gasteiger partial charge in [0.2, 0.25) is 0 Å². The third-order valence-electron chi connectivity index (χ3n) is 5.92. The van der Waals surface area contributed by atoms with Crippen molar-refractivity contribution in [1.29, 1.82) is 0 Å². The van der Waals surface area contributed by atoms with Gasteiger partial charge in [-0.15, -0.1) is 0 Å². The fraction of sp³-hybridized carbons (Fsp3) is 0.125. The molecule has 4 aromatic rings. The molecule has 0 saturated carbocycles. The van der Waals surface area contributed by atoms with E-state index >= 15 is 0 Å². The Balaban J connectivity index is 2.13.